The molecule has 0 unspecified atom stereocenters. The van der Waals surface area contributed by atoms with E-state index in [9.17, 15) is 4.79 Å². The molecule has 0 saturated heterocycles. The van der Waals surface area contributed by atoms with Crippen molar-refractivity contribution >= 4 is 11.7 Å². The number of methoxy groups -OCH3 is 1. The van der Waals surface area contributed by atoms with E-state index >= 15 is 0 Å². The van der Waals surface area contributed by atoms with Crippen molar-refractivity contribution in [3.8, 4) is 22.6 Å². The van der Waals surface area contributed by atoms with Gasteiger partial charge in [0.2, 0.25) is 0 Å². The first-order valence-electron chi connectivity index (χ1n) is 10.9. The maximum atomic E-state index is 10.8. The molecule has 3 aromatic carbocycles. The molecule has 0 bridgehead atoms. The van der Waals surface area contributed by atoms with E-state index in [1.165, 1.54) is 16.8 Å². The molecule has 1 N–H and O–H groups in total. The molecule has 0 atom stereocenters. The first-order valence-corrected chi connectivity index (χ1v) is 10.9. The summed E-state index contributed by atoms with van der Waals surface area (Å²) in [7, 11) is 1.68. The van der Waals surface area contributed by atoms with E-state index in [0.29, 0.717) is 5.75 Å². The Bertz CT molecular complexity index is 1060. The summed E-state index contributed by atoms with van der Waals surface area (Å²) in [5.41, 5.74) is 6.92. The first kappa shape index (κ1) is 23.2. The fourth-order valence-electron chi connectivity index (χ4n) is 3.94. The van der Waals surface area contributed by atoms with Gasteiger partial charge < -0.3 is 19.5 Å². The van der Waals surface area contributed by atoms with Gasteiger partial charge in [0, 0.05) is 18.8 Å². The Morgan fingerprint density at radius 1 is 1.03 bits per heavy atom. The molecule has 32 heavy (non-hydrogen) atoms. The normalized spacial score (nSPS) is 10.6. The van der Waals surface area contributed by atoms with E-state index in [2.05, 4.69) is 55.1 Å². The zero-order valence-corrected chi connectivity index (χ0v) is 19.2. The van der Waals surface area contributed by atoms with Crippen LogP contribution in [0.5, 0.6) is 11.5 Å². The second kappa shape index (κ2) is 10.7. The molecule has 3 aromatic rings. The predicted molar refractivity (Wildman–Crippen MR) is 129 cm³/mol. The molecule has 0 heterocycles. The fraction of sp³-hybridized carbons (Fsp3) is 0.296. The zero-order chi connectivity index (χ0) is 23.1. The quantitative estimate of drug-likeness (QED) is 0.434. The van der Waals surface area contributed by atoms with Gasteiger partial charge in [0.15, 0.2) is 6.61 Å². The van der Waals surface area contributed by atoms with Gasteiger partial charge in [0.05, 0.1) is 7.11 Å². The minimum absolute atomic E-state index is 0.334. The lowest BCUT2D eigenvalue weighted by molar-refractivity contribution is -0.139. The lowest BCUT2D eigenvalue weighted by atomic mass is 9.98. The summed E-state index contributed by atoms with van der Waals surface area (Å²) >= 11 is 0. The van der Waals surface area contributed by atoms with E-state index in [-0.39, 0.29) is 6.61 Å². The van der Waals surface area contributed by atoms with Gasteiger partial charge in [0.1, 0.15) is 11.5 Å². The number of hydrogen-bond donors (Lipinski definition) is 1. The number of rotatable bonds is 10. The number of hydrogen-bond acceptors (Lipinski definition) is 4. The molecule has 3 rings (SSSR count). The average molecular weight is 434 g/mol. The Kier molecular flexibility index (Phi) is 7.77. The molecular formula is C27H31NO4. The molecule has 0 saturated carbocycles. The van der Waals surface area contributed by atoms with Crippen LogP contribution in [0.4, 0.5) is 5.69 Å². The van der Waals surface area contributed by atoms with Crippen molar-refractivity contribution in [3.63, 3.8) is 0 Å². The number of aryl methyl sites for hydroxylation is 1. The highest BCUT2D eigenvalue weighted by molar-refractivity contribution is 5.74. The second-order valence-corrected chi connectivity index (χ2v) is 7.88. The molecule has 0 amide bonds. The van der Waals surface area contributed by atoms with E-state index in [4.69, 9.17) is 14.6 Å². The van der Waals surface area contributed by atoms with Crippen LogP contribution in [-0.2, 0) is 11.3 Å². The van der Waals surface area contributed by atoms with Crippen LogP contribution < -0.4 is 14.4 Å². The summed E-state index contributed by atoms with van der Waals surface area (Å²) in [6, 6.07) is 20.5. The standard InChI is InChI=1S/C27H31NO4/c1-5-15-28(17-21-9-14-26(19(2)16-21)32-18-27(29)30)25-8-6-7-24(20(25)3)22-10-12-23(31-4)13-11-22/h6-14,16H,5,15,17-18H2,1-4H3,(H,29,30). The average Bonchev–Trinajstić information content (AvgIpc) is 2.78. The van der Waals surface area contributed by atoms with Gasteiger partial charge >= 0.3 is 5.97 Å². The number of ether oxygens (including phenoxy) is 2. The predicted octanol–water partition coefficient (Wildman–Crippen LogP) is 5.86. The molecule has 0 aliphatic rings. The Balaban J connectivity index is 1.87. The summed E-state index contributed by atoms with van der Waals surface area (Å²) in [5.74, 6) is 0.479. The van der Waals surface area contributed by atoms with Crippen molar-refractivity contribution in [2.24, 2.45) is 0 Å². The molecule has 5 heteroatoms. The zero-order valence-electron chi connectivity index (χ0n) is 19.2. The van der Waals surface area contributed by atoms with Crippen molar-refractivity contribution in [1.29, 1.82) is 0 Å². The molecule has 0 aliphatic carbocycles. The van der Waals surface area contributed by atoms with Gasteiger partial charge in [-0.3, -0.25) is 0 Å². The van der Waals surface area contributed by atoms with Gasteiger partial charge in [-0.15, -0.1) is 0 Å². The second-order valence-electron chi connectivity index (χ2n) is 7.88. The van der Waals surface area contributed by atoms with Crippen molar-refractivity contribution in [2.45, 2.75) is 33.7 Å². The summed E-state index contributed by atoms with van der Waals surface area (Å²) in [6.07, 6.45) is 1.03. The summed E-state index contributed by atoms with van der Waals surface area (Å²) in [4.78, 5) is 13.2. The molecule has 0 radical (unpaired) electrons. The smallest absolute Gasteiger partial charge is 0.341 e. The maximum absolute atomic E-state index is 10.8. The number of carboxylic acids is 1. The van der Waals surface area contributed by atoms with Crippen LogP contribution in [0, 0.1) is 13.8 Å². The third-order valence-electron chi connectivity index (χ3n) is 5.50. The van der Waals surface area contributed by atoms with Crippen molar-refractivity contribution in [2.75, 3.05) is 25.2 Å². The molecule has 168 valence electrons. The van der Waals surface area contributed by atoms with Crippen LogP contribution in [0.2, 0.25) is 0 Å². The van der Waals surface area contributed by atoms with E-state index in [1.807, 2.05) is 31.2 Å². The van der Waals surface area contributed by atoms with Crippen LogP contribution in [0.1, 0.15) is 30.0 Å². The lowest BCUT2D eigenvalue weighted by Crippen LogP contribution is -2.24. The SMILES string of the molecule is CCCN(Cc1ccc(OCC(=O)O)c(C)c1)c1cccc(-c2ccc(OC)cc2)c1C. The first-order chi connectivity index (χ1) is 15.4. The van der Waals surface area contributed by atoms with E-state index < -0.39 is 5.97 Å². The fourth-order valence-corrected chi connectivity index (χ4v) is 3.94. The van der Waals surface area contributed by atoms with Crippen LogP contribution >= 0.6 is 0 Å². The summed E-state index contributed by atoms with van der Waals surface area (Å²) < 4.78 is 10.7. The monoisotopic (exact) mass is 433 g/mol. The van der Waals surface area contributed by atoms with Crippen LogP contribution in [0.3, 0.4) is 0 Å². The molecule has 0 fully saturated rings. The Hall–Kier alpha value is -3.47. The Morgan fingerprint density at radius 3 is 2.41 bits per heavy atom. The largest absolute Gasteiger partial charge is 0.497 e. The van der Waals surface area contributed by atoms with Gasteiger partial charge in [-0.25, -0.2) is 4.79 Å². The van der Waals surface area contributed by atoms with Gasteiger partial charge in [-0.05, 0) is 72.4 Å². The van der Waals surface area contributed by atoms with Crippen LogP contribution in [0.25, 0.3) is 11.1 Å². The van der Waals surface area contributed by atoms with Crippen LogP contribution in [-0.4, -0.2) is 31.3 Å². The van der Waals surface area contributed by atoms with Gasteiger partial charge in [0.25, 0.3) is 0 Å². The molecule has 0 aliphatic heterocycles. The number of nitrogens with zero attached hydrogens (tertiary/aromatic N) is 1. The summed E-state index contributed by atoms with van der Waals surface area (Å²) in [5, 5.41) is 8.84. The highest BCUT2D eigenvalue weighted by Crippen LogP contribution is 2.33. The maximum Gasteiger partial charge on any atom is 0.341 e. The number of carboxylic acid groups (broad SMARTS) is 1. The van der Waals surface area contributed by atoms with E-state index in [1.54, 1.807) is 7.11 Å². The van der Waals surface area contributed by atoms with E-state index in [0.717, 1.165) is 42.0 Å². The Morgan fingerprint density at radius 2 is 1.78 bits per heavy atom. The van der Waals surface area contributed by atoms with Crippen LogP contribution in [0.15, 0.2) is 60.7 Å². The minimum Gasteiger partial charge on any atom is -0.497 e. The van der Waals surface area contributed by atoms with Gasteiger partial charge in [-0.2, -0.15) is 0 Å². The Labute approximate surface area is 190 Å². The highest BCUT2D eigenvalue weighted by atomic mass is 16.5. The van der Waals surface area contributed by atoms with Gasteiger partial charge in [-0.1, -0.05) is 43.3 Å². The number of benzene rings is 3. The number of carbonyl (C=O) groups is 1. The topological polar surface area (TPSA) is 59.0 Å². The summed E-state index contributed by atoms with van der Waals surface area (Å²) in [6.45, 7) is 7.67. The third kappa shape index (κ3) is 5.61. The lowest BCUT2D eigenvalue weighted by Gasteiger charge is -2.28. The van der Waals surface area contributed by atoms with Crippen molar-refractivity contribution in [3.05, 3.63) is 77.4 Å². The molecule has 0 spiro atoms. The number of aliphatic carboxylic acids is 1. The number of anilines is 1. The minimum atomic E-state index is -0.977. The highest BCUT2D eigenvalue weighted by Gasteiger charge is 2.14. The molecule has 0 aromatic heterocycles. The van der Waals surface area contributed by atoms with Crippen molar-refractivity contribution in [1.82, 2.24) is 0 Å². The molecule has 5 nitrogen and oxygen atoms in total. The third-order valence-corrected chi connectivity index (χ3v) is 5.50. The van der Waals surface area contributed by atoms with Crippen molar-refractivity contribution < 1.29 is 19.4 Å². The molecular weight excluding hydrogens is 402 g/mol.